The molecule has 0 aromatic heterocycles. The Labute approximate surface area is 79.3 Å². The molecule has 4 heteroatoms. The molecule has 1 fully saturated rings. The van der Waals surface area contributed by atoms with Crippen LogP contribution in [0.2, 0.25) is 0 Å². The van der Waals surface area contributed by atoms with E-state index < -0.39 is 6.10 Å². The lowest BCUT2D eigenvalue weighted by atomic mass is 9.99. The molecule has 0 spiro atoms. The molecule has 0 bridgehead atoms. The molecule has 1 aliphatic rings. The van der Waals surface area contributed by atoms with E-state index in [-0.39, 0.29) is 6.61 Å². The predicted octanol–water partition coefficient (Wildman–Crippen LogP) is -0.849. The maximum atomic E-state index is 9.27. The summed E-state index contributed by atoms with van der Waals surface area (Å²) in [5.74, 6) is 0. The Morgan fingerprint density at radius 1 is 1.62 bits per heavy atom. The first kappa shape index (κ1) is 10.9. The van der Waals surface area contributed by atoms with Gasteiger partial charge in [-0.2, -0.15) is 0 Å². The fourth-order valence-corrected chi connectivity index (χ4v) is 1.86. The van der Waals surface area contributed by atoms with Gasteiger partial charge in [-0.05, 0) is 26.3 Å². The van der Waals surface area contributed by atoms with Crippen LogP contribution in [-0.4, -0.2) is 53.0 Å². The van der Waals surface area contributed by atoms with Crippen molar-refractivity contribution in [3.05, 3.63) is 0 Å². The third-order valence-corrected chi connectivity index (χ3v) is 2.71. The third-order valence-electron chi connectivity index (χ3n) is 2.71. The van der Waals surface area contributed by atoms with E-state index in [0.29, 0.717) is 18.6 Å². The fourth-order valence-electron chi connectivity index (χ4n) is 1.86. The molecule has 0 saturated carbocycles. The van der Waals surface area contributed by atoms with E-state index in [1.165, 1.54) is 0 Å². The maximum Gasteiger partial charge on any atom is 0.0897 e. The van der Waals surface area contributed by atoms with Crippen LogP contribution < -0.4 is 5.73 Å². The van der Waals surface area contributed by atoms with Gasteiger partial charge < -0.3 is 15.9 Å². The summed E-state index contributed by atoms with van der Waals surface area (Å²) >= 11 is 0. The van der Waals surface area contributed by atoms with Crippen molar-refractivity contribution in [2.24, 2.45) is 5.73 Å². The molecule has 0 amide bonds. The molecule has 0 aliphatic carbocycles. The smallest absolute Gasteiger partial charge is 0.0897 e. The average Bonchev–Trinajstić information content (AvgIpc) is 2.09. The topological polar surface area (TPSA) is 69.7 Å². The Bertz CT molecular complexity index is 155. The first-order chi connectivity index (χ1) is 6.13. The maximum absolute atomic E-state index is 9.27. The summed E-state index contributed by atoms with van der Waals surface area (Å²) in [6.45, 7) is 3.45. The van der Waals surface area contributed by atoms with Gasteiger partial charge in [0.2, 0.25) is 0 Å². The molecule has 0 aromatic carbocycles. The number of hydrogen-bond donors (Lipinski definition) is 3. The largest absolute Gasteiger partial charge is 0.394 e. The normalized spacial score (nSPS) is 33.2. The minimum atomic E-state index is -0.614. The Kier molecular flexibility index (Phi) is 4.12. The molecule has 3 unspecified atom stereocenters. The lowest BCUT2D eigenvalue weighted by Crippen LogP contribution is -2.48. The predicted molar refractivity (Wildman–Crippen MR) is 51.3 cm³/mol. The van der Waals surface area contributed by atoms with Gasteiger partial charge in [0.15, 0.2) is 0 Å². The summed E-state index contributed by atoms with van der Waals surface area (Å²) in [4.78, 5) is 2.18. The molecule has 1 heterocycles. The van der Waals surface area contributed by atoms with E-state index in [1.807, 2.05) is 0 Å². The molecule has 78 valence electrons. The Balaban J connectivity index is 2.33. The van der Waals surface area contributed by atoms with Crippen LogP contribution in [0.1, 0.15) is 19.8 Å². The van der Waals surface area contributed by atoms with Crippen LogP contribution in [0.3, 0.4) is 0 Å². The summed E-state index contributed by atoms with van der Waals surface area (Å²) in [6.07, 6.45) is 1.36. The highest BCUT2D eigenvalue weighted by atomic mass is 16.3. The second kappa shape index (κ2) is 4.91. The molecular formula is C9H20N2O2. The van der Waals surface area contributed by atoms with E-state index in [4.69, 9.17) is 10.8 Å². The van der Waals surface area contributed by atoms with Crippen molar-refractivity contribution in [1.82, 2.24) is 4.90 Å². The first-order valence-corrected chi connectivity index (χ1v) is 4.92. The van der Waals surface area contributed by atoms with Crippen LogP contribution in [-0.2, 0) is 0 Å². The van der Waals surface area contributed by atoms with E-state index in [2.05, 4.69) is 11.8 Å². The molecule has 0 radical (unpaired) electrons. The summed E-state index contributed by atoms with van der Waals surface area (Å²) < 4.78 is 0. The molecular weight excluding hydrogens is 168 g/mol. The van der Waals surface area contributed by atoms with Gasteiger partial charge in [0, 0.05) is 18.6 Å². The van der Waals surface area contributed by atoms with Crippen molar-refractivity contribution in [3.63, 3.8) is 0 Å². The van der Waals surface area contributed by atoms with E-state index in [0.717, 1.165) is 19.4 Å². The van der Waals surface area contributed by atoms with Gasteiger partial charge in [-0.25, -0.2) is 0 Å². The molecule has 1 saturated heterocycles. The summed E-state index contributed by atoms with van der Waals surface area (Å²) in [5, 5.41) is 18.0. The second-order valence-electron chi connectivity index (χ2n) is 3.96. The minimum absolute atomic E-state index is 0.157. The number of aliphatic hydroxyl groups is 2. The van der Waals surface area contributed by atoms with Crippen molar-refractivity contribution < 1.29 is 10.2 Å². The number of aliphatic hydroxyl groups excluding tert-OH is 2. The van der Waals surface area contributed by atoms with Crippen LogP contribution in [0.4, 0.5) is 0 Å². The van der Waals surface area contributed by atoms with Gasteiger partial charge in [0.1, 0.15) is 0 Å². The van der Waals surface area contributed by atoms with Crippen molar-refractivity contribution in [2.75, 3.05) is 19.7 Å². The lowest BCUT2D eigenvalue weighted by molar-refractivity contribution is 0.0341. The van der Waals surface area contributed by atoms with Crippen molar-refractivity contribution in [2.45, 2.75) is 38.0 Å². The van der Waals surface area contributed by atoms with Crippen LogP contribution >= 0.6 is 0 Å². The highest BCUT2D eigenvalue weighted by molar-refractivity contribution is 4.81. The van der Waals surface area contributed by atoms with Gasteiger partial charge in [-0.3, -0.25) is 4.90 Å². The highest BCUT2D eigenvalue weighted by Crippen LogP contribution is 2.15. The number of rotatable bonds is 3. The SMILES string of the molecule is CC1CC(N)CCN1CC(O)CO. The van der Waals surface area contributed by atoms with E-state index in [1.54, 1.807) is 0 Å². The fraction of sp³-hybridized carbons (Fsp3) is 1.00. The average molecular weight is 188 g/mol. The van der Waals surface area contributed by atoms with Crippen molar-refractivity contribution >= 4 is 0 Å². The minimum Gasteiger partial charge on any atom is -0.394 e. The molecule has 3 atom stereocenters. The van der Waals surface area contributed by atoms with Crippen LogP contribution in [0.5, 0.6) is 0 Å². The number of hydrogen-bond acceptors (Lipinski definition) is 4. The third kappa shape index (κ3) is 3.23. The van der Waals surface area contributed by atoms with Crippen LogP contribution in [0.15, 0.2) is 0 Å². The van der Waals surface area contributed by atoms with Crippen molar-refractivity contribution in [1.29, 1.82) is 0 Å². The number of piperidine rings is 1. The molecule has 13 heavy (non-hydrogen) atoms. The Hall–Kier alpha value is -0.160. The summed E-state index contributed by atoms with van der Waals surface area (Å²) in [7, 11) is 0. The summed E-state index contributed by atoms with van der Waals surface area (Å²) in [6, 6.07) is 0.725. The molecule has 1 rings (SSSR count). The zero-order valence-electron chi connectivity index (χ0n) is 8.19. The number of nitrogens with zero attached hydrogens (tertiary/aromatic N) is 1. The van der Waals surface area contributed by atoms with Gasteiger partial charge in [-0.1, -0.05) is 0 Å². The highest BCUT2D eigenvalue weighted by Gasteiger charge is 2.24. The zero-order valence-corrected chi connectivity index (χ0v) is 8.19. The molecule has 0 aromatic rings. The van der Waals surface area contributed by atoms with Gasteiger partial charge in [-0.15, -0.1) is 0 Å². The standard InChI is InChI=1S/C9H20N2O2/c1-7-4-8(10)2-3-11(7)5-9(13)6-12/h7-9,12-13H,2-6,10H2,1H3. The van der Waals surface area contributed by atoms with Crippen LogP contribution in [0.25, 0.3) is 0 Å². The Morgan fingerprint density at radius 3 is 2.85 bits per heavy atom. The number of likely N-dealkylation sites (tertiary alicyclic amines) is 1. The number of β-amino-alcohol motifs (C(OH)–C–C–N with tert-alkyl or cyclic N) is 1. The molecule has 1 aliphatic heterocycles. The zero-order chi connectivity index (χ0) is 9.84. The van der Waals surface area contributed by atoms with Gasteiger partial charge >= 0.3 is 0 Å². The molecule has 4 N–H and O–H groups in total. The lowest BCUT2D eigenvalue weighted by Gasteiger charge is -2.37. The van der Waals surface area contributed by atoms with Gasteiger partial charge in [0.05, 0.1) is 12.7 Å². The molecule has 4 nitrogen and oxygen atoms in total. The first-order valence-electron chi connectivity index (χ1n) is 4.92. The van der Waals surface area contributed by atoms with E-state index >= 15 is 0 Å². The monoisotopic (exact) mass is 188 g/mol. The quantitative estimate of drug-likeness (QED) is 0.539. The number of nitrogens with two attached hydrogens (primary N) is 1. The van der Waals surface area contributed by atoms with Crippen molar-refractivity contribution in [3.8, 4) is 0 Å². The van der Waals surface area contributed by atoms with E-state index in [9.17, 15) is 5.11 Å². The van der Waals surface area contributed by atoms with Gasteiger partial charge in [0.25, 0.3) is 0 Å². The van der Waals surface area contributed by atoms with Crippen LogP contribution in [0, 0.1) is 0 Å². The second-order valence-corrected chi connectivity index (χ2v) is 3.96. The Morgan fingerprint density at radius 2 is 2.31 bits per heavy atom. The summed E-state index contributed by atoms with van der Waals surface area (Å²) in [5.41, 5.74) is 5.81.